The molecule has 1 aliphatic rings. The Morgan fingerprint density at radius 3 is 2.95 bits per heavy atom. The number of nitrogens with zero attached hydrogens (tertiary/aromatic N) is 1. The highest BCUT2D eigenvalue weighted by Crippen LogP contribution is 2.31. The molecule has 0 amide bonds. The Morgan fingerprint density at radius 2 is 2.25 bits per heavy atom. The molecule has 0 saturated heterocycles. The van der Waals surface area contributed by atoms with E-state index in [1.54, 1.807) is 19.1 Å². The number of esters is 1. The van der Waals surface area contributed by atoms with Crippen molar-refractivity contribution in [3.05, 3.63) is 35.2 Å². The highest BCUT2D eigenvalue weighted by molar-refractivity contribution is 5.97. The molecule has 1 aromatic carbocycles. The van der Waals surface area contributed by atoms with Crippen molar-refractivity contribution in [2.45, 2.75) is 13.3 Å². The summed E-state index contributed by atoms with van der Waals surface area (Å²) in [4.78, 5) is 16.1. The summed E-state index contributed by atoms with van der Waals surface area (Å²) in [5.41, 5.74) is 3.88. The fourth-order valence-corrected chi connectivity index (χ4v) is 2.39. The second kappa shape index (κ2) is 5.09. The summed E-state index contributed by atoms with van der Waals surface area (Å²) in [6, 6.07) is 3.50. The Hall–Kier alpha value is -2.14. The van der Waals surface area contributed by atoms with E-state index in [1.807, 2.05) is 6.08 Å². The minimum atomic E-state index is -0.374. The van der Waals surface area contributed by atoms with Gasteiger partial charge >= 0.3 is 5.97 Å². The first-order valence-electron chi connectivity index (χ1n) is 6.45. The van der Waals surface area contributed by atoms with Gasteiger partial charge in [-0.1, -0.05) is 6.08 Å². The fraction of sp³-hybridized carbons (Fsp3) is 0.333. The smallest absolute Gasteiger partial charge is 0.337 e. The third kappa shape index (κ3) is 2.20. The van der Waals surface area contributed by atoms with Crippen LogP contribution in [0.4, 0.5) is 0 Å². The number of hydrogen-bond acceptors (Lipinski definition) is 5. The second-order valence-electron chi connectivity index (χ2n) is 4.65. The van der Waals surface area contributed by atoms with Gasteiger partial charge in [-0.15, -0.1) is 0 Å². The summed E-state index contributed by atoms with van der Waals surface area (Å²) in [6.07, 6.45) is 2.80. The number of methoxy groups -OCH3 is 1. The molecule has 3 rings (SSSR count). The molecule has 0 bridgehead atoms. The molecule has 5 heteroatoms. The standard InChI is InChI=1S/C15H15NO4/c1-9-16-13-8-11(15(17)18-2)7-12(14(13)20-9)10-3-5-19-6-4-10/h3,7-8H,4-6H2,1-2H3. The van der Waals surface area contributed by atoms with Crippen molar-refractivity contribution in [2.24, 2.45) is 0 Å². The molecule has 0 radical (unpaired) electrons. The zero-order chi connectivity index (χ0) is 14.1. The summed E-state index contributed by atoms with van der Waals surface area (Å²) in [5.74, 6) is 0.206. The second-order valence-corrected chi connectivity index (χ2v) is 4.65. The molecule has 2 heterocycles. The Bertz CT molecular complexity index is 699. The normalized spacial score (nSPS) is 15.2. The molecule has 0 fully saturated rings. The van der Waals surface area contributed by atoms with Gasteiger partial charge in [0.25, 0.3) is 0 Å². The van der Waals surface area contributed by atoms with Crippen LogP contribution in [0.2, 0.25) is 0 Å². The first-order chi connectivity index (χ1) is 9.69. The highest BCUT2D eigenvalue weighted by atomic mass is 16.5. The van der Waals surface area contributed by atoms with Crippen molar-refractivity contribution in [3.8, 4) is 0 Å². The average Bonchev–Trinajstić information content (AvgIpc) is 2.86. The lowest BCUT2D eigenvalue weighted by atomic mass is 9.98. The van der Waals surface area contributed by atoms with Gasteiger partial charge < -0.3 is 13.9 Å². The number of carbonyl (C=O) groups is 1. The van der Waals surface area contributed by atoms with Crippen LogP contribution in [-0.4, -0.2) is 31.3 Å². The van der Waals surface area contributed by atoms with Crippen LogP contribution in [0.5, 0.6) is 0 Å². The number of hydrogen-bond donors (Lipinski definition) is 0. The molecular formula is C15H15NO4. The van der Waals surface area contributed by atoms with Gasteiger partial charge in [-0.3, -0.25) is 0 Å². The molecule has 0 unspecified atom stereocenters. The zero-order valence-corrected chi connectivity index (χ0v) is 11.4. The summed E-state index contributed by atoms with van der Waals surface area (Å²) >= 11 is 0. The zero-order valence-electron chi connectivity index (χ0n) is 11.4. The van der Waals surface area contributed by atoms with Crippen LogP contribution in [-0.2, 0) is 9.47 Å². The van der Waals surface area contributed by atoms with Crippen LogP contribution in [0.15, 0.2) is 22.6 Å². The van der Waals surface area contributed by atoms with Crippen LogP contribution in [0.3, 0.4) is 0 Å². The van der Waals surface area contributed by atoms with E-state index in [0.717, 1.165) is 17.6 Å². The first kappa shape index (κ1) is 12.9. The van der Waals surface area contributed by atoms with E-state index in [-0.39, 0.29) is 5.97 Å². The Kier molecular flexibility index (Phi) is 3.28. The third-order valence-electron chi connectivity index (χ3n) is 3.33. The van der Waals surface area contributed by atoms with Crippen molar-refractivity contribution >= 4 is 22.6 Å². The molecule has 104 valence electrons. The Labute approximate surface area is 116 Å². The van der Waals surface area contributed by atoms with Gasteiger partial charge in [-0.25, -0.2) is 9.78 Å². The number of ether oxygens (including phenoxy) is 2. The van der Waals surface area contributed by atoms with E-state index in [2.05, 4.69) is 4.98 Å². The minimum absolute atomic E-state index is 0.374. The molecule has 2 aromatic rings. The lowest BCUT2D eigenvalue weighted by Crippen LogP contribution is -2.06. The van der Waals surface area contributed by atoms with Gasteiger partial charge in [-0.2, -0.15) is 0 Å². The van der Waals surface area contributed by atoms with E-state index >= 15 is 0 Å². The number of aryl methyl sites for hydroxylation is 1. The Morgan fingerprint density at radius 1 is 1.40 bits per heavy atom. The number of fused-ring (bicyclic) bond motifs is 1. The van der Waals surface area contributed by atoms with Crippen molar-refractivity contribution in [2.75, 3.05) is 20.3 Å². The fourth-order valence-electron chi connectivity index (χ4n) is 2.39. The predicted octanol–water partition coefficient (Wildman–Crippen LogP) is 2.73. The Balaban J connectivity index is 2.21. The van der Waals surface area contributed by atoms with E-state index in [9.17, 15) is 4.79 Å². The lowest BCUT2D eigenvalue weighted by molar-refractivity contribution is 0.0601. The molecule has 1 aliphatic heterocycles. The van der Waals surface area contributed by atoms with Crippen molar-refractivity contribution in [1.29, 1.82) is 0 Å². The van der Waals surface area contributed by atoms with E-state index in [0.29, 0.717) is 35.8 Å². The van der Waals surface area contributed by atoms with Crippen LogP contribution >= 0.6 is 0 Å². The predicted molar refractivity (Wildman–Crippen MR) is 73.5 cm³/mol. The maximum absolute atomic E-state index is 11.8. The molecule has 5 nitrogen and oxygen atoms in total. The van der Waals surface area contributed by atoms with Gasteiger partial charge in [0.1, 0.15) is 5.52 Å². The molecule has 0 saturated carbocycles. The molecular weight excluding hydrogens is 258 g/mol. The number of carbonyl (C=O) groups excluding carboxylic acids is 1. The first-order valence-corrected chi connectivity index (χ1v) is 6.45. The minimum Gasteiger partial charge on any atom is -0.465 e. The van der Waals surface area contributed by atoms with Gasteiger partial charge in [0.15, 0.2) is 11.5 Å². The largest absolute Gasteiger partial charge is 0.465 e. The van der Waals surface area contributed by atoms with E-state index in [4.69, 9.17) is 13.9 Å². The van der Waals surface area contributed by atoms with Crippen molar-refractivity contribution < 1.29 is 18.7 Å². The maximum atomic E-state index is 11.8. The molecule has 0 atom stereocenters. The van der Waals surface area contributed by atoms with Crippen LogP contribution in [0.25, 0.3) is 16.7 Å². The van der Waals surface area contributed by atoms with Crippen LogP contribution < -0.4 is 0 Å². The maximum Gasteiger partial charge on any atom is 0.337 e. The monoisotopic (exact) mass is 273 g/mol. The third-order valence-corrected chi connectivity index (χ3v) is 3.33. The summed E-state index contributed by atoms with van der Waals surface area (Å²) in [6.45, 7) is 3.04. The topological polar surface area (TPSA) is 61.6 Å². The molecule has 0 spiro atoms. The van der Waals surface area contributed by atoms with Gasteiger partial charge in [-0.05, 0) is 24.1 Å². The van der Waals surface area contributed by atoms with Crippen molar-refractivity contribution in [3.63, 3.8) is 0 Å². The van der Waals surface area contributed by atoms with Crippen molar-refractivity contribution in [1.82, 2.24) is 4.98 Å². The summed E-state index contributed by atoms with van der Waals surface area (Å²) in [5, 5.41) is 0. The van der Waals surface area contributed by atoms with Gasteiger partial charge in [0.2, 0.25) is 0 Å². The van der Waals surface area contributed by atoms with Crippen LogP contribution in [0.1, 0.15) is 28.2 Å². The lowest BCUT2D eigenvalue weighted by Gasteiger charge is -2.14. The molecule has 0 aliphatic carbocycles. The number of benzene rings is 1. The summed E-state index contributed by atoms with van der Waals surface area (Å²) < 4.78 is 15.8. The number of oxazole rings is 1. The quantitative estimate of drug-likeness (QED) is 0.787. The average molecular weight is 273 g/mol. The highest BCUT2D eigenvalue weighted by Gasteiger charge is 2.18. The van der Waals surface area contributed by atoms with Crippen LogP contribution in [0, 0.1) is 6.92 Å². The number of rotatable bonds is 2. The van der Waals surface area contributed by atoms with Gasteiger partial charge in [0.05, 0.1) is 25.9 Å². The SMILES string of the molecule is COC(=O)c1cc(C2=CCOCC2)c2oc(C)nc2c1. The molecule has 0 N–H and O–H groups in total. The van der Waals surface area contributed by atoms with E-state index in [1.165, 1.54) is 7.11 Å². The summed E-state index contributed by atoms with van der Waals surface area (Å²) in [7, 11) is 1.37. The van der Waals surface area contributed by atoms with E-state index < -0.39 is 0 Å². The van der Waals surface area contributed by atoms with Gasteiger partial charge in [0, 0.05) is 12.5 Å². The number of aromatic nitrogens is 1. The molecule has 1 aromatic heterocycles. The molecule has 20 heavy (non-hydrogen) atoms.